The van der Waals surface area contributed by atoms with E-state index >= 15 is 0 Å². The topological polar surface area (TPSA) is 54.5 Å². The number of hydrogen-bond donors (Lipinski definition) is 0. The molecule has 0 spiro atoms. The van der Waals surface area contributed by atoms with Crippen molar-refractivity contribution in [3.63, 3.8) is 0 Å². The third kappa shape index (κ3) is 3.59. The Morgan fingerprint density at radius 1 is 1.22 bits per heavy atom. The quantitative estimate of drug-likeness (QED) is 0.833. The first-order valence-corrected chi connectivity index (χ1v) is 10.2. The Bertz CT molecular complexity index is 827. The molecule has 1 amide bonds. The van der Waals surface area contributed by atoms with Crippen LogP contribution in [0.1, 0.15) is 16.1 Å². The second kappa shape index (κ2) is 6.26. The standard InChI is InChI=1S/C16H16ClNO3S2/c1-18(13-8-9-23(20,21)10-13)16(19)15-7-6-14(22-15)11-2-4-12(17)5-3-11/h2-7,13H,8-10H2,1H3/t13-/m0/s1. The fourth-order valence-electron chi connectivity index (χ4n) is 2.64. The minimum atomic E-state index is -3.00. The molecule has 2 aromatic rings. The summed E-state index contributed by atoms with van der Waals surface area (Å²) in [4.78, 5) is 15.7. The van der Waals surface area contributed by atoms with Gasteiger partial charge in [0.15, 0.2) is 9.84 Å². The smallest absolute Gasteiger partial charge is 0.263 e. The van der Waals surface area contributed by atoms with Gasteiger partial charge in [0.05, 0.1) is 16.4 Å². The van der Waals surface area contributed by atoms with Crippen molar-refractivity contribution in [1.82, 2.24) is 4.90 Å². The van der Waals surface area contributed by atoms with Gasteiger partial charge < -0.3 is 4.90 Å². The molecule has 1 aliphatic heterocycles. The van der Waals surface area contributed by atoms with Crippen LogP contribution in [-0.2, 0) is 9.84 Å². The van der Waals surface area contributed by atoms with Gasteiger partial charge in [-0.1, -0.05) is 23.7 Å². The summed E-state index contributed by atoms with van der Waals surface area (Å²) in [7, 11) is -1.32. The Morgan fingerprint density at radius 3 is 2.52 bits per heavy atom. The second-order valence-corrected chi connectivity index (χ2v) is 9.39. The Kier molecular flexibility index (Phi) is 4.49. The molecule has 0 unspecified atom stereocenters. The lowest BCUT2D eigenvalue weighted by Gasteiger charge is -2.22. The summed E-state index contributed by atoms with van der Waals surface area (Å²) in [6.07, 6.45) is 0.514. The van der Waals surface area contributed by atoms with Crippen LogP contribution in [0, 0.1) is 0 Å². The Hall–Kier alpha value is -1.37. The molecule has 0 saturated carbocycles. The summed E-state index contributed by atoms with van der Waals surface area (Å²) in [5.41, 5.74) is 1.00. The summed E-state index contributed by atoms with van der Waals surface area (Å²) in [5.74, 6) is 0.0951. The van der Waals surface area contributed by atoms with Gasteiger partial charge in [0, 0.05) is 23.0 Å². The second-order valence-electron chi connectivity index (χ2n) is 5.64. The van der Waals surface area contributed by atoms with Crippen LogP contribution in [0.5, 0.6) is 0 Å². The first kappa shape index (κ1) is 16.5. The zero-order valence-corrected chi connectivity index (χ0v) is 14.9. The maximum absolute atomic E-state index is 12.6. The van der Waals surface area contributed by atoms with E-state index in [1.54, 1.807) is 18.0 Å². The highest BCUT2D eigenvalue weighted by molar-refractivity contribution is 7.91. The van der Waals surface area contributed by atoms with Crippen molar-refractivity contribution < 1.29 is 13.2 Å². The fourth-order valence-corrected chi connectivity index (χ4v) is 5.54. The predicted molar refractivity (Wildman–Crippen MR) is 93.9 cm³/mol. The van der Waals surface area contributed by atoms with Crippen LogP contribution < -0.4 is 0 Å². The molecule has 1 aliphatic rings. The van der Waals surface area contributed by atoms with E-state index in [1.165, 1.54) is 11.3 Å². The summed E-state index contributed by atoms with van der Waals surface area (Å²) >= 11 is 7.29. The number of rotatable bonds is 3. The minimum Gasteiger partial charge on any atom is -0.337 e. The van der Waals surface area contributed by atoms with Crippen LogP contribution >= 0.6 is 22.9 Å². The molecule has 1 aromatic carbocycles. The number of carbonyl (C=O) groups excluding carboxylic acids is 1. The lowest BCUT2D eigenvalue weighted by molar-refractivity contribution is 0.0752. The van der Waals surface area contributed by atoms with Gasteiger partial charge in [-0.05, 0) is 36.2 Å². The lowest BCUT2D eigenvalue weighted by atomic mass is 10.2. The average Bonchev–Trinajstić information content (AvgIpc) is 3.13. The number of hydrogen-bond acceptors (Lipinski definition) is 4. The minimum absolute atomic E-state index is 0.0602. The molecule has 1 atom stereocenters. The van der Waals surface area contributed by atoms with E-state index in [1.807, 2.05) is 30.3 Å². The van der Waals surface area contributed by atoms with Crippen molar-refractivity contribution in [2.24, 2.45) is 0 Å². The van der Waals surface area contributed by atoms with Gasteiger partial charge in [0.2, 0.25) is 0 Å². The van der Waals surface area contributed by atoms with E-state index in [0.29, 0.717) is 16.3 Å². The third-order valence-electron chi connectivity index (χ3n) is 4.02. The van der Waals surface area contributed by atoms with Gasteiger partial charge in [-0.3, -0.25) is 4.79 Å². The number of thiophene rings is 1. The molecule has 122 valence electrons. The van der Waals surface area contributed by atoms with Crippen molar-refractivity contribution >= 4 is 38.7 Å². The molecule has 2 heterocycles. The molecule has 3 rings (SSSR count). The zero-order chi connectivity index (χ0) is 16.6. The fraction of sp³-hybridized carbons (Fsp3) is 0.312. The molecule has 0 aliphatic carbocycles. The first-order chi connectivity index (χ1) is 10.9. The summed E-state index contributed by atoms with van der Waals surface area (Å²) in [5, 5.41) is 0.670. The number of sulfone groups is 1. The van der Waals surface area contributed by atoms with Crippen molar-refractivity contribution in [1.29, 1.82) is 0 Å². The molecule has 4 nitrogen and oxygen atoms in total. The summed E-state index contributed by atoms with van der Waals surface area (Å²) in [6.45, 7) is 0. The molecular formula is C16H16ClNO3S2. The Morgan fingerprint density at radius 2 is 1.91 bits per heavy atom. The number of halogens is 1. The summed E-state index contributed by atoms with van der Waals surface area (Å²) in [6, 6.07) is 10.9. The number of benzene rings is 1. The van der Waals surface area contributed by atoms with Crippen molar-refractivity contribution in [3.8, 4) is 10.4 Å². The number of nitrogens with zero attached hydrogens (tertiary/aromatic N) is 1. The van der Waals surface area contributed by atoms with E-state index in [0.717, 1.165) is 10.4 Å². The Labute approximate surface area is 144 Å². The molecular weight excluding hydrogens is 354 g/mol. The van der Waals surface area contributed by atoms with E-state index in [9.17, 15) is 13.2 Å². The van der Waals surface area contributed by atoms with E-state index in [-0.39, 0.29) is 23.5 Å². The average molecular weight is 370 g/mol. The highest BCUT2D eigenvalue weighted by atomic mass is 35.5. The molecule has 1 fully saturated rings. The van der Waals surface area contributed by atoms with E-state index in [4.69, 9.17) is 11.6 Å². The van der Waals surface area contributed by atoms with Gasteiger partial charge >= 0.3 is 0 Å². The van der Waals surface area contributed by atoms with E-state index < -0.39 is 9.84 Å². The zero-order valence-electron chi connectivity index (χ0n) is 12.5. The van der Waals surface area contributed by atoms with Gasteiger partial charge in [0.25, 0.3) is 5.91 Å². The van der Waals surface area contributed by atoms with Gasteiger partial charge in [-0.2, -0.15) is 0 Å². The largest absolute Gasteiger partial charge is 0.337 e. The van der Waals surface area contributed by atoms with Crippen molar-refractivity contribution in [3.05, 3.63) is 46.3 Å². The van der Waals surface area contributed by atoms with Crippen LogP contribution in [0.3, 0.4) is 0 Å². The molecule has 23 heavy (non-hydrogen) atoms. The van der Waals surface area contributed by atoms with Crippen molar-refractivity contribution in [2.45, 2.75) is 12.5 Å². The first-order valence-electron chi connectivity index (χ1n) is 7.19. The molecule has 1 saturated heterocycles. The van der Waals surface area contributed by atoms with Crippen LogP contribution in [-0.4, -0.2) is 43.8 Å². The highest BCUT2D eigenvalue weighted by Gasteiger charge is 2.33. The number of amides is 1. The van der Waals surface area contributed by atoms with Gasteiger partial charge in [-0.15, -0.1) is 11.3 Å². The normalized spacial score (nSPS) is 19.7. The van der Waals surface area contributed by atoms with Gasteiger partial charge in [-0.25, -0.2) is 8.42 Å². The molecule has 1 aromatic heterocycles. The number of carbonyl (C=O) groups is 1. The molecule has 0 bridgehead atoms. The Balaban J connectivity index is 1.77. The van der Waals surface area contributed by atoms with Crippen LogP contribution in [0.25, 0.3) is 10.4 Å². The predicted octanol–water partition coefficient (Wildman–Crippen LogP) is 3.33. The maximum Gasteiger partial charge on any atom is 0.263 e. The SMILES string of the molecule is CN(C(=O)c1ccc(-c2ccc(Cl)cc2)s1)[C@H]1CCS(=O)(=O)C1. The maximum atomic E-state index is 12.6. The highest BCUT2D eigenvalue weighted by Crippen LogP contribution is 2.30. The van der Waals surface area contributed by atoms with Crippen molar-refractivity contribution in [2.75, 3.05) is 18.6 Å². The van der Waals surface area contributed by atoms with Gasteiger partial charge in [0.1, 0.15) is 0 Å². The summed E-state index contributed by atoms with van der Waals surface area (Å²) < 4.78 is 23.1. The van der Waals surface area contributed by atoms with Crippen LogP contribution in [0.2, 0.25) is 5.02 Å². The van der Waals surface area contributed by atoms with Crippen LogP contribution in [0.4, 0.5) is 0 Å². The molecule has 0 radical (unpaired) electrons. The monoisotopic (exact) mass is 369 g/mol. The molecule has 0 N–H and O–H groups in total. The lowest BCUT2D eigenvalue weighted by Crippen LogP contribution is -2.37. The third-order valence-corrected chi connectivity index (χ3v) is 7.15. The van der Waals surface area contributed by atoms with Crippen LogP contribution in [0.15, 0.2) is 36.4 Å². The molecule has 7 heteroatoms. The van der Waals surface area contributed by atoms with E-state index in [2.05, 4.69) is 0 Å².